The van der Waals surface area contributed by atoms with E-state index in [9.17, 15) is 0 Å². The van der Waals surface area contributed by atoms with Gasteiger partial charge in [0.15, 0.2) is 0 Å². The van der Waals surface area contributed by atoms with Gasteiger partial charge in [-0.1, -0.05) is 30.7 Å². The largest absolute Gasteiger partial charge is 0.389 e. The summed E-state index contributed by atoms with van der Waals surface area (Å²) in [7, 11) is 0. The van der Waals surface area contributed by atoms with Gasteiger partial charge in [-0.2, -0.15) is 0 Å². The van der Waals surface area contributed by atoms with Crippen LogP contribution in [-0.4, -0.2) is 24.7 Å². The maximum absolute atomic E-state index is 5.98. The van der Waals surface area contributed by atoms with Gasteiger partial charge in [-0.25, -0.2) is 0 Å². The molecule has 3 N–H and O–H groups in total. The van der Waals surface area contributed by atoms with Crippen LogP contribution in [0.3, 0.4) is 0 Å². The molecule has 3 nitrogen and oxygen atoms in total. The molecule has 1 saturated heterocycles. The van der Waals surface area contributed by atoms with Crippen molar-refractivity contribution in [3.8, 4) is 0 Å². The van der Waals surface area contributed by atoms with Gasteiger partial charge in [0.2, 0.25) is 0 Å². The van der Waals surface area contributed by atoms with Crippen molar-refractivity contribution in [2.45, 2.75) is 19.8 Å². The highest BCUT2D eigenvalue weighted by Gasteiger charge is 2.27. The number of nitrogens with two attached hydrogens (primary N) is 1. The second kappa shape index (κ2) is 6.07. The van der Waals surface area contributed by atoms with Gasteiger partial charge < -0.3 is 15.8 Å². The first-order valence-electron chi connectivity index (χ1n) is 6.41. The molecule has 0 unspecified atom stereocenters. The van der Waals surface area contributed by atoms with Gasteiger partial charge in [-0.05, 0) is 36.5 Å². The van der Waals surface area contributed by atoms with Crippen molar-refractivity contribution >= 4 is 34.5 Å². The third-order valence-corrected chi connectivity index (χ3v) is 4.11. The lowest BCUT2D eigenvalue weighted by atomic mass is 9.82. The summed E-state index contributed by atoms with van der Waals surface area (Å²) in [4.78, 5) is 0.363. The molecule has 0 aromatic heterocycles. The number of anilines is 1. The van der Waals surface area contributed by atoms with Gasteiger partial charge in [-0.15, -0.1) is 0 Å². The van der Waals surface area contributed by atoms with Crippen LogP contribution in [0.2, 0.25) is 5.02 Å². The highest BCUT2D eigenvalue weighted by Crippen LogP contribution is 2.31. The number of nitrogens with one attached hydrogen (secondary N) is 1. The average molecular weight is 299 g/mol. The van der Waals surface area contributed by atoms with Crippen LogP contribution in [0.25, 0.3) is 0 Å². The molecule has 1 aromatic carbocycles. The molecule has 0 bridgehead atoms. The van der Waals surface area contributed by atoms with Crippen LogP contribution < -0.4 is 11.1 Å². The van der Waals surface area contributed by atoms with Crippen LogP contribution in [0.5, 0.6) is 0 Å². The Morgan fingerprint density at radius 1 is 1.47 bits per heavy atom. The predicted molar refractivity (Wildman–Crippen MR) is 84.0 cm³/mol. The number of rotatable bonds is 4. The average Bonchev–Trinajstić information content (AvgIpc) is 2.38. The van der Waals surface area contributed by atoms with Crippen molar-refractivity contribution in [2.24, 2.45) is 11.1 Å². The van der Waals surface area contributed by atoms with Crippen molar-refractivity contribution in [3.63, 3.8) is 0 Å². The monoisotopic (exact) mass is 298 g/mol. The Bertz CT molecular complexity index is 473. The molecule has 19 heavy (non-hydrogen) atoms. The van der Waals surface area contributed by atoms with Crippen LogP contribution in [0, 0.1) is 5.41 Å². The van der Waals surface area contributed by atoms with E-state index >= 15 is 0 Å². The van der Waals surface area contributed by atoms with Crippen LogP contribution in [0.4, 0.5) is 5.69 Å². The zero-order valence-corrected chi connectivity index (χ0v) is 12.6. The zero-order chi connectivity index (χ0) is 13.9. The van der Waals surface area contributed by atoms with Gasteiger partial charge in [-0.3, -0.25) is 0 Å². The Kier molecular flexibility index (Phi) is 4.66. The summed E-state index contributed by atoms with van der Waals surface area (Å²) in [6, 6.07) is 5.58. The topological polar surface area (TPSA) is 47.3 Å². The molecular formula is C14H19ClN2OS. The number of thiocarbonyl (C=S) groups is 1. The molecular weight excluding hydrogens is 280 g/mol. The summed E-state index contributed by atoms with van der Waals surface area (Å²) in [5.41, 5.74) is 7.75. The van der Waals surface area contributed by atoms with Gasteiger partial charge in [0.25, 0.3) is 0 Å². The van der Waals surface area contributed by atoms with Crippen LogP contribution in [0.15, 0.2) is 18.2 Å². The molecule has 0 amide bonds. The molecule has 1 aromatic rings. The van der Waals surface area contributed by atoms with Crippen molar-refractivity contribution in [3.05, 3.63) is 28.8 Å². The fourth-order valence-electron chi connectivity index (χ4n) is 2.22. The Hall–Kier alpha value is -0.840. The fourth-order valence-corrected chi connectivity index (χ4v) is 2.57. The minimum absolute atomic E-state index is 0.255. The molecule has 1 heterocycles. The van der Waals surface area contributed by atoms with Crippen LogP contribution in [0.1, 0.15) is 25.3 Å². The minimum atomic E-state index is 0.255. The third-order valence-electron chi connectivity index (χ3n) is 3.65. The molecule has 1 aliphatic heterocycles. The predicted octanol–water partition coefficient (Wildman–Crippen LogP) is 3.20. The molecule has 0 spiro atoms. The molecule has 5 heteroatoms. The smallest absolute Gasteiger partial charge is 0.106 e. The van der Waals surface area contributed by atoms with Gasteiger partial charge in [0.05, 0.1) is 0 Å². The number of halogens is 1. The van der Waals surface area contributed by atoms with E-state index in [2.05, 4.69) is 12.2 Å². The summed E-state index contributed by atoms with van der Waals surface area (Å²) in [6.45, 7) is 4.83. The van der Waals surface area contributed by atoms with Gasteiger partial charge >= 0.3 is 0 Å². The molecule has 0 saturated carbocycles. The van der Waals surface area contributed by atoms with E-state index in [-0.39, 0.29) is 5.41 Å². The first-order chi connectivity index (χ1) is 9.00. The Morgan fingerprint density at radius 2 is 2.16 bits per heavy atom. The number of ether oxygens (including phenoxy) is 1. The normalized spacial score (nSPS) is 18.0. The number of hydrogen-bond acceptors (Lipinski definition) is 3. The van der Waals surface area contributed by atoms with Crippen molar-refractivity contribution in [1.82, 2.24) is 0 Å². The minimum Gasteiger partial charge on any atom is -0.389 e. The number of hydrogen-bond donors (Lipinski definition) is 2. The van der Waals surface area contributed by atoms with E-state index in [0.717, 1.165) is 43.9 Å². The zero-order valence-electron chi connectivity index (χ0n) is 11.0. The van der Waals surface area contributed by atoms with Crippen molar-refractivity contribution < 1.29 is 4.74 Å². The van der Waals surface area contributed by atoms with E-state index in [4.69, 9.17) is 34.3 Å². The van der Waals surface area contributed by atoms with E-state index < -0.39 is 0 Å². The summed E-state index contributed by atoms with van der Waals surface area (Å²) in [6.07, 6.45) is 2.13. The molecule has 0 atom stereocenters. The first-order valence-corrected chi connectivity index (χ1v) is 7.20. The highest BCUT2D eigenvalue weighted by molar-refractivity contribution is 7.80. The summed E-state index contributed by atoms with van der Waals surface area (Å²) in [5, 5.41) is 4.09. The Morgan fingerprint density at radius 3 is 2.79 bits per heavy atom. The van der Waals surface area contributed by atoms with Crippen molar-refractivity contribution in [1.29, 1.82) is 0 Å². The lowest BCUT2D eigenvalue weighted by Crippen LogP contribution is -2.33. The third kappa shape index (κ3) is 3.81. The maximum Gasteiger partial charge on any atom is 0.106 e. The molecule has 2 rings (SSSR count). The van der Waals surface area contributed by atoms with E-state index in [0.29, 0.717) is 10.0 Å². The summed E-state index contributed by atoms with van der Waals surface area (Å²) < 4.78 is 5.41. The molecule has 1 fully saturated rings. The lowest BCUT2D eigenvalue weighted by molar-refractivity contribution is 0.0300. The maximum atomic E-state index is 5.98. The first kappa shape index (κ1) is 14.6. The van der Waals surface area contributed by atoms with E-state index in [1.165, 1.54) is 0 Å². The Labute approximate surface area is 124 Å². The number of benzene rings is 1. The van der Waals surface area contributed by atoms with E-state index in [1.54, 1.807) is 6.07 Å². The van der Waals surface area contributed by atoms with Gasteiger partial charge in [0.1, 0.15) is 4.99 Å². The second-order valence-corrected chi connectivity index (χ2v) is 6.21. The van der Waals surface area contributed by atoms with Gasteiger partial charge in [0, 0.05) is 36.0 Å². The Balaban J connectivity index is 2.08. The highest BCUT2D eigenvalue weighted by atomic mass is 35.5. The fraction of sp³-hybridized carbons (Fsp3) is 0.500. The summed E-state index contributed by atoms with van der Waals surface area (Å²) >= 11 is 11.0. The second-order valence-electron chi connectivity index (χ2n) is 5.33. The summed E-state index contributed by atoms with van der Waals surface area (Å²) in [5.74, 6) is 0. The van der Waals surface area contributed by atoms with Crippen LogP contribution >= 0.6 is 23.8 Å². The molecule has 1 aliphatic rings. The molecule has 0 aliphatic carbocycles. The van der Waals surface area contributed by atoms with Crippen LogP contribution in [-0.2, 0) is 4.74 Å². The van der Waals surface area contributed by atoms with Crippen molar-refractivity contribution in [2.75, 3.05) is 25.1 Å². The standard InChI is InChI=1S/C14H19ClN2OS/c1-14(4-6-18-7-5-14)9-17-12-3-2-10(15)8-11(12)13(16)19/h2-3,8,17H,4-7,9H2,1H3,(H2,16,19). The quantitative estimate of drug-likeness (QED) is 0.838. The lowest BCUT2D eigenvalue weighted by Gasteiger charge is -2.34. The van der Waals surface area contributed by atoms with E-state index in [1.807, 2.05) is 12.1 Å². The molecule has 0 radical (unpaired) electrons. The molecule has 104 valence electrons. The SMILES string of the molecule is CC1(CNc2ccc(Cl)cc2C(N)=S)CCOCC1.